The summed E-state index contributed by atoms with van der Waals surface area (Å²) in [6, 6.07) is 3.42. The zero-order valence-electron chi connectivity index (χ0n) is 12.1. The van der Waals surface area contributed by atoms with E-state index < -0.39 is 0 Å². The Morgan fingerprint density at radius 3 is 2.81 bits per heavy atom. The minimum absolute atomic E-state index is 0.0130. The third-order valence-corrected chi connectivity index (χ3v) is 4.12. The number of anilines is 1. The minimum atomic E-state index is 0.0130. The molecular weight excluding hydrogens is 290 g/mol. The van der Waals surface area contributed by atoms with Crippen LogP contribution < -0.4 is 5.32 Å². The molecule has 3 heterocycles. The van der Waals surface area contributed by atoms with E-state index in [9.17, 15) is 4.79 Å². The number of halogens is 1. The lowest BCUT2D eigenvalue weighted by molar-refractivity contribution is -0.0303. The second kappa shape index (κ2) is 6.20. The van der Waals surface area contributed by atoms with Crippen molar-refractivity contribution in [3.8, 4) is 0 Å². The summed E-state index contributed by atoms with van der Waals surface area (Å²) in [5.41, 5.74) is 0.593. The first-order valence-electron chi connectivity index (χ1n) is 7.52. The van der Waals surface area contributed by atoms with E-state index in [0.29, 0.717) is 29.6 Å². The van der Waals surface area contributed by atoms with Gasteiger partial charge in [0.1, 0.15) is 11.0 Å². The van der Waals surface area contributed by atoms with Gasteiger partial charge in [-0.1, -0.05) is 18.5 Å². The van der Waals surface area contributed by atoms with Crippen LogP contribution >= 0.6 is 11.6 Å². The van der Waals surface area contributed by atoms with Crippen molar-refractivity contribution in [3.05, 3.63) is 22.8 Å². The van der Waals surface area contributed by atoms with Crippen molar-refractivity contribution in [2.45, 2.75) is 38.4 Å². The van der Waals surface area contributed by atoms with Crippen LogP contribution in [0.4, 0.5) is 5.82 Å². The Morgan fingerprint density at radius 2 is 2.14 bits per heavy atom. The highest BCUT2D eigenvalue weighted by Crippen LogP contribution is 2.27. The first-order chi connectivity index (χ1) is 10.2. The molecular formula is C15H20ClN3O2. The lowest BCUT2D eigenvalue weighted by atomic mass is 10.2. The number of carbonyl (C=O) groups is 1. The van der Waals surface area contributed by atoms with Crippen LogP contribution in [-0.4, -0.2) is 47.6 Å². The molecule has 6 heteroatoms. The molecule has 0 aliphatic carbocycles. The summed E-state index contributed by atoms with van der Waals surface area (Å²) in [4.78, 5) is 18.7. The van der Waals surface area contributed by atoms with Gasteiger partial charge in [0.25, 0.3) is 5.91 Å². The summed E-state index contributed by atoms with van der Waals surface area (Å²) in [5.74, 6) is 0.669. The van der Waals surface area contributed by atoms with Gasteiger partial charge in [-0.2, -0.15) is 0 Å². The van der Waals surface area contributed by atoms with Gasteiger partial charge in [0.05, 0.1) is 12.2 Å². The maximum atomic E-state index is 12.7. The number of nitrogens with zero attached hydrogens (tertiary/aromatic N) is 2. The molecule has 21 heavy (non-hydrogen) atoms. The van der Waals surface area contributed by atoms with Crippen LogP contribution in [0.2, 0.25) is 5.15 Å². The summed E-state index contributed by atoms with van der Waals surface area (Å²) >= 11 is 6.04. The highest BCUT2D eigenvalue weighted by Gasteiger charge is 2.36. The number of hydrogen-bond acceptors (Lipinski definition) is 4. The Bertz CT molecular complexity index is 526. The van der Waals surface area contributed by atoms with E-state index in [1.54, 1.807) is 12.1 Å². The van der Waals surface area contributed by atoms with Crippen molar-refractivity contribution in [1.29, 1.82) is 0 Å². The topological polar surface area (TPSA) is 54.5 Å². The summed E-state index contributed by atoms with van der Waals surface area (Å²) < 4.78 is 5.77. The van der Waals surface area contributed by atoms with Crippen molar-refractivity contribution in [1.82, 2.24) is 9.88 Å². The van der Waals surface area contributed by atoms with Gasteiger partial charge in [-0.05, 0) is 31.4 Å². The Kier molecular flexibility index (Phi) is 4.31. The average Bonchev–Trinajstić information content (AvgIpc) is 2.82. The van der Waals surface area contributed by atoms with Crippen molar-refractivity contribution in [2.24, 2.45) is 0 Å². The van der Waals surface area contributed by atoms with Crippen LogP contribution in [0.1, 0.15) is 36.5 Å². The van der Waals surface area contributed by atoms with E-state index in [2.05, 4.69) is 17.2 Å². The van der Waals surface area contributed by atoms with Gasteiger partial charge in [0.2, 0.25) is 0 Å². The van der Waals surface area contributed by atoms with E-state index in [1.807, 2.05) is 4.90 Å². The largest absolute Gasteiger partial charge is 0.371 e. The van der Waals surface area contributed by atoms with Crippen molar-refractivity contribution >= 4 is 23.3 Å². The second-order valence-electron chi connectivity index (χ2n) is 5.66. The molecule has 0 aromatic carbocycles. The number of nitrogens with one attached hydrogen (secondary N) is 1. The molecule has 1 N–H and O–H groups in total. The van der Waals surface area contributed by atoms with Crippen LogP contribution in [0, 0.1) is 0 Å². The van der Waals surface area contributed by atoms with E-state index in [-0.39, 0.29) is 18.1 Å². The fourth-order valence-corrected chi connectivity index (χ4v) is 3.14. The number of amides is 1. The number of hydrogen-bond donors (Lipinski definition) is 1. The normalized spacial score (nSPS) is 24.2. The number of morpholine rings is 1. The molecule has 0 spiro atoms. The van der Waals surface area contributed by atoms with Gasteiger partial charge >= 0.3 is 0 Å². The molecule has 2 fully saturated rings. The molecule has 114 valence electrons. The summed E-state index contributed by atoms with van der Waals surface area (Å²) in [5, 5.41) is 3.52. The molecule has 3 rings (SSSR count). The third kappa shape index (κ3) is 3.30. The monoisotopic (exact) mass is 309 g/mol. The molecule has 2 saturated heterocycles. The van der Waals surface area contributed by atoms with Gasteiger partial charge in [0.15, 0.2) is 0 Å². The molecule has 2 aliphatic rings. The zero-order valence-corrected chi connectivity index (χ0v) is 12.9. The van der Waals surface area contributed by atoms with Gasteiger partial charge in [-0.15, -0.1) is 0 Å². The third-order valence-electron chi connectivity index (χ3n) is 3.93. The Hall–Kier alpha value is -1.33. The molecule has 1 amide bonds. The number of aromatic nitrogens is 1. The van der Waals surface area contributed by atoms with Gasteiger partial charge in [-0.3, -0.25) is 4.79 Å². The van der Waals surface area contributed by atoms with Crippen LogP contribution in [0.5, 0.6) is 0 Å². The van der Waals surface area contributed by atoms with Gasteiger partial charge < -0.3 is 15.0 Å². The summed E-state index contributed by atoms with van der Waals surface area (Å²) in [6.45, 7) is 4.23. The maximum Gasteiger partial charge on any atom is 0.254 e. The fourth-order valence-electron chi connectivity index (χ4n) is 2.93. The molecule has 2 bridgehead atoms. The smallest absolute Gasteiger partial charge is 0.254 e. The van der Waals surface area contributed by atoms with E-state index in [4.69, 9.17) is 16.3 Å². The molecule has 2 atom stereocenters. The fraction of sp³-hybridized carbons (Fsp3) is 0.600. The Labute approximate surface area is 129 Å². The van der Waals surface area contributed by atoms with E-state index >= 15 is 0 Å². The van der Waals surface area contributed by atoms with Gasteiger partial charge in [0, 0.05) is 25.2 Å². The van der Waals surface area contributed by atoms with Crippen molar-refractivity contribution < 1.29 is 9.53 Å². The summed E-state index contributed by atoms with van der Waals surface area (Å²) in [6.07, 6.45) is 3.49. The van der Waals surface area contributed by atoms with Crippen LogP contribution in [0.15, 0.2) is 12.1 Å². The molecule has 2 aliphatic heterocycles. The molecule has 1 aromatic rings. The first-order valence-corrected chi connectivity index (χ1v) is 7.89. The van der Waals surface area contributed by atoms with Gasteiger partial charge in [-0.25, -0.2) is 4.98 Å². The number of fused-ring (bicyclic) bond motifs is 2. The first kappa shape index (κ1) is 14.6. The average molecular weight is 310 g/mol. The second-order valence-corrected chi connectivity index (χ2v) is 6.05. The number of rotatable bonds is 4. The molecule has 5 nitrogen and oxygen atoms in total. The molecule has 1 aromatic heterocycles. The molecule has 0 radical (unpaired) electrons. The molecule has 2 unspecified atom stereocenters. The molecule has 0 saturated carbocycles. The predicted molar refractivity (Wildman–Crippen MR) is 81.8 cm³/mol. The number of pyridine rings is 1. The number of likely N-dealkylation sites (tertiary alicyclic amines) is 1. The highest BCUT2D eigenvalue weighted by atomic mass is 35.5. The lowest BCUT2D eigenvalue weighted by Gasteiger charge is -2.32. The predicted octanol–water partition coefficient (Wildman–Crippen LogP) is 2.56. The maximum absolute atomic E-state index is 12.7. The van der Waals surface area contributed by atoms with Crippen LogP contribution in [-0.2, 0) is 4.74 Å². The minimum Gasteiger partial charge on any atom is -0.371 e. The number of ether oxygens (including phenoxy) is 1. The van der Waals surface area contributed by atoms with E-state index in [1.165, 1.54) is 0 Å². The van der Waals surface area contributed by atoms with E-state index in [0.717, 1.165) is 25.8 Å². The van der Waals surface area contributed by atoms with Crippen molar-refractivity contribution in [2.75, 3.05) is 25.0 Å². The summed E-state index contributed by atoms with van der Waals surface area (Å²) in [7, 11) is 0. The SMILES string of the molecule is CCCNc1cc(C(=O)N2CC3CCC(C2)O3)cc(Cl)n1. The van der Waals surface area contributed by atoms with Crippen molar-refractivity contribution in [3.63, 3.8) is 0 Å². The highest BCUT2D eigenvalue weighted by molar-refractivity contribution is 6.29. The van der Waals surface area contributed by atoms with Crippen LogP contribution in [0.3, 0.4) is 0 Å². The number of carbonyl (C=O) groups excluding carboxylic acids is 1. The zero-order chi connectivity index (χ0) is 14.8. The standard InChI is InChI=1S/C15H20ClN3O2/c1-2-5-17-14-7-10(6-13(16)18-14)15(20)19-8-11-3-4-12(9-19)21-11/h6-7,11-12H,2-5,8-9H2,1H3,(H,17,18). The Balaban J connectivity index is 1.76. The van der Waals surface area contributed by atoms with Crippen LogP contribution in [0.25, 0.3) is 0 Å². The Morgan fingerprint density at radius 1 is 1.43 bits per heavy atom. The lowest BCUT2D eigenvalue weighted by Crippen LogP contribution is -2.45. The quantitative estimate of drug-likeness (QED) is 0.869.